The van der Waals surface area contributed by atoms with Gasteiger partial charge in [0, 0.05) is 26.1 Å². The Morgan fingerprint density at radius 3 is 3.06 bits per heavy atom. The smallest absolute Gasteiger partial charge is 0.243 e. The van der Waals surface area contributed by atoms with Crippen molar-refractivity contribution in [2.45, 2.75) is 32.4 Å². The summed E-state index contributed by atoms with van der Waals surface area (Å²) in [6.45, 7) is 7.62. The molecule has 18 heavy (non-hydrogen) atoms. The highest BCUT2D eigenvalue weighted by Gasteiger charge is 2.20. The van der Waals surface area contributed by atoms with E-state index in [0.29, 0.717) is 5.89 Å². The molecule has 0 bridgehead atoms. The highest BCUT2D eigenvalue weighted by atomic mass is 16.5. The molecule has 0 aliphatic carbocycles. The first-order valence-corrected chi connectivity index (χ1v) is 6.55. The molecule has 6 heteroatoms. The molecule has 2 rings (SSSR count). The van der Waals surface area contributed by atoms with Crippen LogP contribution in [0.2, 0.25) is 0 Å². The maximum Gasteiger partial charge on any atom is 0.243 e. The molecule has 1 aromatic rings. The van der Waals surface area contributed by atoms with Crippen molar-refractivity contribution < 1.29 is 9.26 Å². The zero-order valence-electron chi connectivity index (χ0n) is 11.3. The van der Waals surface area contributed by atoms with Crippen molar-refractivity contribution in [2.75, 3.05) is 33.3 Å². The van der Waals surface area contributed by atoms with Crippen molar-refractivity contribution >= 4 is 0 Å². The van der Waals surface area contributed by atoms with Crippen molar-refractivity contribution in [3.8, 4) is 0 Å². The van der Waals surface area contributed by atoms with E-state index in [1.54, 1.807) is 0 Å². The Kier molecular flexibility index (Phi) is 4.68. The lowest BCUT2D eigenvalue weighted by Crippen LogP contribution is -2.45. The summed E-state index contributed by atoms with van der Waals surface area (Å²) in [6, 6.07) is 0.0635. The third kappa shape index (κ3) is 3.51. The first-order chi connectivity index (χ1) is 8.69. The van der Waals surface area contributed by atoms with Gasteiger partial charge in [-0.25, -0.2) is 0 Å². The van der Waals surface area contributed by atoms with Gasteiger partial charge in [0.1, 0.15) is 0 Å². The number of ether oxygens (including phenoxy) is 1. The SMILES string of the molecule is CCc1noc([C@@H](C)NC[C@@H]2CN(C)CCO2)n1. The Bertz CT molecular complexity index is 369. The zero-order valence-corrected chi connectivity index (χ0v) is 11.3. The molecule has 2 heterocycles. The van der Waals surface area contributed by atoms with Crippen LogP contribution in [0.15, 0.2) is 4.52 Å². The highest BCUT2D eigenvalue weighted by molar-refractivity contribution is 4.91. The minimum atomic E-state index is 0.0635. The normalized spacial score (nSPS) is 23.2. The topological polar surface area (TPSA) is 63.4 Å². The van der Waals surface area contributed by atoms with Crippen LogP contribution >= 0.6 is 0 Å². The Morgan fingerprint density at radius 1 is 1.56 bits per heavy atom. The van der Waals surface area contributed by atoms with Crippen molar-refractivity contribution in [1.29, 1.82) is 0 Å². The van der Waals surface area contributed by atoms with E-state index < -0.39 is 0 Å². The summed E-state index contributed by atoms with van der Waals surface area (Å²) in [6.07, 6.45) is 1.03. The molecule has 1 aliphatic rings. The average molecular weight is 254 g/mol. The molecule has 1 saturated heterocycles. The number of nitrogens with zero attached hydrogens (tertiary/aromatic N) is 3. The van der Waals surface area contributed by atoms with Gasteiger partial charge in [-0.05, 0) is 14.0 Å². The van der Waals surface area contributed by atoms with E-state index in [0.717, 1.165) is 38.5 Å². The number of aryl methyl sites for hydroxylation is 1. The average Bonchev–Trinajstić information content (AvgIpc) is 2.85. The van der Waals surface area contributed by atoms with Gasteiger partial charge in [0.25, 0.3) is 0 Å². The fourth-order valence-electron chi connectivity index (χ4n) is 1.97. The highest BCUT2D eigenvalue weighted by Crippen LogP contribution is 2.10. The predicted octanol–water partition coefficient (Wildman–Crippen LogP) is 0.613. The van der Waals surface area contributed by atoms with E-state index >= 15 is 0 Å². The lowest BCUT2D eigenvalue weighted by atomic mass is 10.2. The van der Waals surface area contributed by atoms with E-state index in [2.05, 4.69) is 27.4 Å². The van der Waals surface area contributed by atoms with Crippen molar-refractivity contribution in [3.05, 3.63) is 11.7 Å². The number of rotatable bonds is 5. The molecule has 6 nitrogen and oxygen atoms in total. The van der Waals surface area contributed by atoms with Crippen LogP contribution in [0.5, 0.6) is 0 Å². The van der Waals surface area contributed by atoms with Gasteiger partial charge in [-0.15, -0.1) is 0 Å². The third-order valence-electron chi connectivity index (χ3n) is 3.16. The van der Waals surface area contributed by atoms with Crippen LogP contribution in [-0.4, -0.2) is 54.4 Å². The number of aromatic nitrogens is 2. The summed E-state index contributed by atoms with van der Waals surface area (Å²) in [7, 11) is 2.12. The standard InChI is InChI=1S/C12H22N4O2/c1-4-11-14-12(18-15-11)9(2)13-7-10-8-16(3)5-6-17-10/h9-10,13H,4-8H2,1-3H3/t9-,10-/m1/s1. The molecule has 0 aromatic carbocycles. The molecular formula is C12H22N4O2. The fourth-order valence-corrected chi connectivity index (χ4v) is 1.97. The van der Waals surface area contributed by atoms with Crippen LogP contribution in [0.25, 0.3) is 0 Å². The first-order valence-electron chi connectivity index (χ1n) is 6.55. The van der Waals surface area contributed by atoms with Gasteiger partial charge in [-0.1, -0.05) is 12.1 Å². The van der Waals surface area contributed by atoms with E-state index in [-0.39, 0.29) is 12.1 Å². The Labute approximate surface area is 108 Å². The molecule has 0 unspecified atom stereocenters. The van der Waals surface area contributed by atoms with Gasteiger partial charge in [0.2, 0.25) is 5.89 Å². The molecular weight excluding hydrogens is 232 g/mol. The maximum atomic E-state index is 5.69. The molecule has 1 aromatic heterocycles. The third-order valence-corrected chi connectivity index (χ3v) is 3.16. The van der Waals surface area contributed by atoms with Crippen molar-refractivity contribution in [2.24, 2.45) is 0 Å². The predicted molar refractivity (Wildman–Crippen MR) is 67.3 cm³/mol. The Balaban J connectivity index is 1.78. The number of hydrogen-bond donors (Lipinski definition) is 1. The second kappa shape index (κ2) is 6.26. The van der Waals surface area contributed by atoms with Gasteiger partial charge in [0.15, 0.2) is 5.82 Å². The second-order valence-corrected chi connectivity index (χ2v) is 4.79. The zero-order chi connectivity index (χ0) is 13.0. The molecule has 0 saturated carbocycles. The van der Waals surface area contributed by atoms with Gasteiger partial charge < -0.3 is 19.5 Å². The summed E-state index contributed by atoms with van der Waals surface area (Å²) < 4.78 is 10.9. The van der Waals surface area contributed by atoms with Crippen LogP contribution in [0.3, 0.4) is 0 Å². The lowest BCUT2D eigenvalue weighted by molar-refractivity contribution is -0.0194. The quantitative estimate of drug-likeness (QED) is 0.831. The van der Waals surface area contributed by atoms with Crippen LogP contribution < -0.4 is 5.32 Å². The molecule has 1 N–H and O–H groups in total. The van der Waals surface area contributed by atoms with Crippen LogP contribution in [-0.2, 0) is 11.2 Å². The summed E-state index contributed by atoms with van der Waals surface area (Å²) in [5.41, 5.74) is 0. The summed E-state index contributed by atoms with van der Waals surface area (Å²) in [4.78, 5) is 6.60. The minimum Gasteiger partial charge on any atom is -0.374 e. The molecule has 0 radical (unpaired) electrons. The first kappa shape index (κ1) is 13.5. The van der Waals surface area contributed by atoms with Crippen LogP contribution in [0.1, 0.15) is 31.6 Å². The van der Waals surface area contributed by atoms with Gasteiger partial charge >= 0.3 is 0 Å². The molecule has 2 atom stereocenters. The monoisotopic (exact) mass is 254 g/mol. The summed E-state index contributed by atoms with van der Waals surface area (Å²) in [5.74, 6) is 1.41. The number of likely N-dealkylation sites (N-methyl/N-ethyl adjacent to an activating group) is 1. The Hall–Kier alpha value is -0.980. The van der Waals surface area contributed by atoms with E-state index in [9.17, 15) is 0 Å². The molecule has 1 aliphatic heterocycles. The number of hydrogen-bond acceptors (Lipinski definition) is 6. The van der Waals surface area contributed by atoms with E-state index in [1.807, 2.05) is 13.8 Å². The van der Waals surface area contributed by atoms with Crippen molar-refractivity contribution in [1.82, 2.24) is 20.4 Å². The molecule has 0 spiro atoms. The van der Waals surface area contributed by atoms with E-state index in [1.165, 1.54) is 0 Å². The largest absolute Gasteiger partial charge is 0.374 e. The second-order valence-electron chi connectivity index (χ2n) is 4.79. The number of morpholine rings is 1. The van der Waals surface area contributed by atoms with E-state index in [4.69, 9.17) is 9.26 Å². The number of nitrogens with one attached hydrogen (secondary N) is 1. The Morgan fingerprint density at radius 2 is 2.39 bits per heavy atom. The summed E-state index contributed by atoms with van der Waals surface area (Å²) in [5, 5.41) is 7.28. The van der Waals surface area contributed by atoms with Crippen molar-refractivity contribution in [3.63, 3.8) is 0 Å². The van der Waals surface area contributed by atoms with Gasteiger partial charge in [-0.2, -0.15) is 4.98 Å². The van der Waals surface area contributed by atoms with Crippen LogP contribution in [0, 0.1) is 0 Å². The lowest BCUT2D eigenvalue weighted by Gasteiger charge is -2.30. The van der Waals surface area contributed by atoms with Gasteiger partial charge in [-0.3, -0.25) is 0 Å². The molecule has 0 amide bonds. The van der Waals surface area contributed by atoms with Crippen LogP contribution in [0.4, 0.5) is 0 Å². The molecule has 1 fully saturated rings. The maximum absolute atomic E-state index is 5.69. The van der Waals surface area contributed by atoms with Gasteiger partial charge in [0.05, 0.1) is 18.8 Å². The summed E-state index contributed by atoms with van der Waals surface area (Å²) >= 11 is 0. The fraction of sp³-hybridized carbons (Fsp3) is 0.833. The minimum absolute atomic E-state index is 0.0635. The molecule has 102 valence electrons.